The molecule has 1 heterocycles. The quantitative estimate of drug-likeness (QED) is 0.832. The first-order valence-corrected chi connectivity index (χ1v) is 8.59. The molecule has 1 fully saturated rings. The Balaban J connectivity index is 1.88. The highest BCUT2D eigenvalue weighted by atomic mass is 32.2. The molecule has 0 saturated carbocycles. The van der Waals surface area contributed by atoms with Crippen LogP contribution in [-0.4, -0.2) is 43.7 Å². The molecule has 1 atom stereocenters. The Bertz CT molecular complexity index is 638. The number of nitrogens with zero attached hydrogens (tertiary/aromatic N) is 1. The molecule has 1 aromatic rings. The number of carbonyl (C=O) groups excluding carboxylic acids is 1. The van der Waals surface area contributed by atoms with E-state index in [0.717, 1.165) is 5.56 Å². The summed E-state index contributed by atoms with van der Waals surface area (Å²) in [4.78, 5) is 11.9. The lowest BCUT2D eigenvalue weighted by molar-refractivity contribution is 0.0345. The zero-order chi connectivity index (χ0) is 17.1. The smallest absolute Gasteiger partial charge is 0.425 e. The minimum Gasteiger partial charge on any atom is -0.443 e. The summed E-state index contributed by atoms with van der Waals surface area (Å²) in [5, 5.41) is 0. The highest BCUT2D eigenvalue weighted by molar-refractivity contribution is 7.85. The molecule has 8 heteroatoms. The summed E-state index contributed by atoms with van der Waals surface area (Å²) < 4.78 is 39.8. The lowest BCUT2D eigenvalue weighted by Gasteiger charge is -2.22. The second-order valence-electron chi connectivity index (χ2n) is 6.19. The predicted octanol–water partition coefficient (Wildman–Crippen LogP) is 2.08. The van der Waals surface area contributed by atoms with Crippen molar-refractivity contribution in [2.75, 3.05) is 13.2 Å². The van der Waals surface area contributed by atoms with Crippen LogP contribution in [0.4, 0.5) is 4.79 Å². The highest BCUT2D eigenvalue weighted by Crippen LogP contribution is 2.21. The fraction of sp³-hybridized carbons (Fsp3) is 0.533. The number of hydrogen-bond donors (Lipinski definition) is 0. The van der Waals surface area contributed by atoms with Crippen LogP contribution < -0.4 is 0 Å². The van der Waals surface area contributed by atoms with Crippen LogP contribution in [-0.2, 0) is 30.6 Å². The molecule has 7 nitrogen and oxygen atoms in total. The molecule has 1 aliphatic rings. The second kappa shape index (κ2) is 6.86. The van der Waals surface area contributed by atoms with Crippen molar-refractivity contribution in [2.45, 2.75) is 39.1 Å². The van der Waals surface area contributed by atoms with E-state index in [4.69, 9.17) is 13.7 Å². The van der Waals surface area contributed by atoms with Gasteiger partial charge in [-0.2, -0.15) is 12.7 Å². The molecule has 1 aliphatic heterocycles. The Labute approximate surface area is 136 Å². The lowest BCUT2D eigenvalue weighted by atomic mass is 10.2. The molecule has 1 saturated heterocycles. The van der Waals surface area contributed by atoms with E-state index >= 15 is 0 Å². The molecule has 23 heavy (non-hydrogen) atoms. The Hall–Kier alpha value is -1.64. The Morgan fingerprint density at radius 2 is 1.96 bits per heavy atom. The number of hydrogen-bond acceptors (Lipinski definition) is 6. The van der Waals surface area contributed by atoms with Gasteiger partial charge >= 0.3 is 16.4 Å². The van der Waals surface area contributed by atoms with Gasteiger partial charge in [0.1, 0.15) is 11.7 Å². The average Bonchev–Trinajstić information content (AvgIpc) is 2.73. The third-order valence-electron chi connectivity index (χ3n) is 2.91. The van der Waals surface area contributed by atoms with E-state index in [0.29, 0.717) is 10.9 Å². The third-order valence-corrected chi connectivity index (χ3v) is 4.26. The summed E-state index contributed by atoms with van der Waals surface area (Å²) in [7, 11) is -4.12. The fourth-order valence-corrected chi connectivity index (χ4v) is 3.11. The third kappa shape index (κ3) is 5.19. The van der Waals surface area contributed by atoms with Crippen molar-refractivity contribution >= 4 is 16.4 Å². The van der Waals surface area contributed by atoms with Gasteiger partial charge in [-0.3, -0.25) is 0 Å². The van der Waals surface area contributed by atoms with E-state index in [1.54, 1.807) is 20.8 Å². The molecule has 0 bridgehead atoms. The average molecular weight is 343 g/mol. The first-order chi connectivity index (χ1) is 10.7. The van der Waals surface area contributed by atoms with Crippen LogP contribution in [0.5, 0.6) is 0 Å². The second-order valence-corrected chi connectivity index (χ2v) is 7.68. The lowest BCUT2D eigenvalue weighted by Crippen LogP contribution is -2.38. The summed E-state index contributed by atoms with van der Waals surface area (Å²) >= 11 is 0. The maximum Gasteiger partial charge on any atom is 0.425 e. The van der Waals surface area contributed by atoms with E-state index in [2.05, 4.69) is 0 Å². The summed E-state index contributed by atoms with van der Waals surface area (Å²) in [6.45, 7) is 5.27. The number of ether oxygens (including phenoxy) is 2. The van der Waals surface area contributed by atoms with Crippen molar-refractivity contribution in [3.8, 4) is 0 Å². The molecule has 0 aliphatic carbocycles. The highest BCUT2D eigenvalue weighted by Gasteiger charge is 2.42. The number of benzene rings is 1. The maximum atomic E-state index is 11.9. The molecule has 0 spiro atoms. The normalized spacial score (nSPS) is 20.5. The van der Waals surface area contributed by atoms with Crippen LogP contribution in [0.1, 0.15) is 26.3 Å². The maximum absolute atomic E-state index is 11.9. The first-order valence-electron chi connectivity index (χ1n) is 7.23. The Morgan fingerprint density at radius 3 is 2.57 bits per heavy atom. The van der Waals surface area contributed by atoms with Gasteiger partial charge < -0.3 is 9.47 Å². The largest absolute Gasteiger partial charge is 0.443 e. The minimum absolute atomic E-state index is 0.0629. The van der Waals surface area contributed by atoms with Gasteiger partial charge in [-0.25, -0.2) is 8.98 Å². The van der Waals surface area contributed by atoms with Gasteiger partial charge in [0, 0.05) is 0 Å². The van der Waals surface area contributed by atoms with Gasteiger partial charge in [0.15, 0.2) is 0 Å². The van der Waals surface area contributed by atoms with E-state index in [9.17, 15) is 13.2 Å². The summed E-state index contributed by atoms with van der Waals surface area (Å²) in [6.07, 6.45) is -1.68. The van der Waals surface area contributed by atoms with Crippen molar-refractivity contribution in [1.29, 1.82) is 0 Å². The van der Waals surface area contributed by atoms with E-state index in [1.807, 2.05) is 30.3 Å². The van der Waals surface area contributed by atoms with Gasteiger partial charge in [-0.05, 0) is 26.3 Å². The monoisotopic (exact) mass is 343 g/mol. The predicted molar refractivity (Wildman–Crippen MR) is 82.8 cm³/mol. The molecular formula is C15H21NO6S. The first kappa shape index (κ1) is 17.7. The van der Waals surface area contributed by atoms with Crippen LogP contribution in [0.25, 0.3) is 0 Å². The van der Waals surface area contributed by atoms with Crippen LogP contribution in [0.2, 0.25) is 0 Å². The van der Waals surface area contributed by atoms with Crippen molar-refractivity contribution < 1.29 is 26.9 Å². The topological polar surface area (TPSA) is 82.1 Å². The Kier molecular flexibility index (Phi) is 5.28. The minimum atomic E-state index is -4.12. The molecule has 0 N–H and O–H groups in total. The zero-order valence-corrected chi connectivity index (χ0v) is 14.2. The standard InChI is InChI=1S/C15H21NO6S/c1-15(2,3)21-14(17)16-9-13(22-23(16,18)19)11-20-10-12-7-5-4-6-8-12/h4-8,13H,9-11H2,1-3H3. The molecule has 1 unspecified atom stereocenters. The van der Waals surface area contributed by atoms with Gasteiger partial charge in [-0.1, -0.05) is 30.3 Å². The molecule has 1 aromatic carbocycles. The van der Waals surface area contributed by atoms with Gasteiger partial charge in [-0.15, -0.1) is 0 Å². The van der Waals surface area contributed by atoms with Crippen LogP contribution in [0, 0.1) is 0 Å². The van der Waals surface area contributed by atoms with E-state index in [1.165, 1.54) is 0 Å². The van der Waals surface area contributed by atoms with E-state index < -0.39 is 28.1 Å². The molecule has 128 valence electrons. The van der Waals surface area contributed by atoms with Crippen LogP contribution in [0.15, 0.2) is 30.3 Å². The molecule has 1 amide bonds. The molecule has 0 aromatic heterocycles. The number of rotatable bonds is 4. The molecule has 0 radical (unpaired) electrons. The molecule has 2 rings (SSSR count). The van der Waals surface area contributed by atoms with Crippen molar-refractivity contribution in [2.24, 2.45) is 0 Å². The number of carbonyl (C=O) groups is 1. The van der Waals surface area contributed by atoms with Gasteiger partial charge in [0.05, 0.1) is 19.8 Å². The van der Waals surface area contributed by atoms with Crippen molar-refractivity contribution in [3.05, 3.63) is 35.9 Å². The van der Waals surface area contributed by atoms with Crippen LogP contribution in [0.3, 0.4) is 0 Å². The van der Waals surface area contributed by atoms with Crippen LogP contribution >= 0.6 is 0 Å². The van der Waals surface area contributed by atoms with Gasteiger partial charge in [0.2, 0.25) is 0 Å². The zero-order valence-electron chi connectivity index (χ0n) is 13.4. The number of amides is 1. The van der Waals surface area contributed by atoms with Gasteiger partial charge in [0.25, 0.3) is 0 Å². The van der Waals surface area contributed by atoms with E-state index in [-0.39, 0.29) is 13.2 Å². The van der Waals surface area contributed by atoms with Crippen molar-refractivity contribution in [1.82, 2.24) is 4.31 Å². The van der Waals surface area contributed by atoms with Crippen molar-refractivity contribution in [3.63, 3.8) is 0 Å². The summed E-state index contributed by atoms with van der Waals surface area (Å²) in [5.41, 5.74) is 0.187. The Morgan fingerprint density at radius 1 is 1.30 bits per heavy atom. The molecular weight excluding hydrogens is 322 g/mol. The summed E-state index contributed by atoms with van der Waals surface area (Å²) in [5.74, 6) is 0. The fourth-order valence-electron chi connectivity index (χ4n) is 1.97. The summed E-state index contributed by atoms with van der Waals surface area (Å²) in [6, 6.07) is 9.48. The SMILES string of the molecule is CC(C)(C)OC(=O)N1CC(COCc2ccccc2)OS1(=O)=O.